The SMILES string of the molecule is Cc1ccc(C(Cc2cnn(C)c2)NN)o1. The largest absolute Gasteiger partial charge is 0.465 e. The first-order valence-corrected chi connectivity index (χ1v) is 5.19. The highest BCUT2D eigenvalue weighted by molar-refractivity contribution is 5.14. The molecule has 0 amide bonds. The highest BCUT2D eigenvalue weighted by atomic mass is 16.3. The van der Waals surface area contributed by atoms with Crippen molar-refractivity contribution >= 4 is 0 Å². The molecule has 0 radical (unpaired) electrons. The van der Waals surface area contributed by atoms with Gasteiger partial charge in [0, 0.05) is 13.2 Å². The molecule has 0 aliphatic heterocycles. The third-order valence-electron chi connectivity index (χ3n) is 2.50. The quantitative estimate of drug-likeness (QED) is 0.597. The lowest BCUT2D eigenvalue weighted by molar-refractivity contribution is 0.403. The van der Waals surface area contributed by atoms with Gasteiger partial charge in [0.1, 0.15) is 11.5 Å². The molecule has 0 fully saturated rings. The van der Waals surface area contributed by atoms with Crippen LogP contribution < -0.4 is 11.3 Å². The number of furan rings is 1. The molecule has 5 heteroatoms. The van der Waals surface area contributed by atoms with Gasteiger partial charge < -0.3 is 4.42 Å². The van der Waals surface area contributed by atoms with E-state index in [-0.39, 0.29) is 6.04 Å². The van der Waals surface area contributed by atoms with Crippen molar-refractivity contribution in [3.8, 4) is 0 Å². The maximum atomic E-state index is 5.55. The normalized spacial score (nSPS) is 12.9. The maximum Gasteiger partial charge on any atom is 0.122 e. The van der Waals surface area contributed by atoms with Crippen molar-refractivity contribution in [3.63, 3.8) is 0 Å². The van der Waals surface area contributed by atoms with Gasteiger partial charge >= 0.3 is 0 Å². The molecule has 0 spiro atoms. The zero-order valence-corrected chi connectivity index (χ0v) is 9.47. The Morgan fingerprint density at radius 1 is 1.56 bits per heavy atom. The van der Waals surface area contributed by atoms with Crippen molar-refractivity contribution in [2.45, 2.75) is 19.4 Å². The minimum absolute atomic E-state index is 0.0158. The van der Waals surface area contributed by atoms with E-state index in [4.69, 9.17) is 10.3 Å². The zero-order chi connectivity index (χ0) is 11.5. The summed E-state index contributed by atoms with van der Waals surface area (Å²) in [7, 11) is 1.89. The number of nitrogens with zero attached hydrogens (tertiary/aromatic N) is 2. The summed E-state index contributed by atoms with van der Waals surface area (Å²) in [4.78, 5) is 0. The molecule has 86 valence electrons. The molecule has 0 aliphatic rings. The van der Waals surface area contributed by atoms with Crippen molar-refractivity contribution in [1.29, 1.82) is 0 Å². The van der Waals surface area contributed by atoms with Crippen molar-refractivity contribution < 1.29 is 4.42 Å². The van der Waals surface area contributed by atoms with Crippen LogP contribution in [-0.4, -0.2) is 9.78 Å². The molecule has 16 heavy (non-hydrogen) atoms. The van der Waals surface area contributed by atoms with Gasteiger partial charge in [-0.2, -0.15) is 5.10 Å². The third kappa shape index (κ3) is 2.32. The molecule has 1 unspecified atom stereocenters. The highest BCUT2D eigenvalue weighted by Gasteiger charge is 2.14. The molecular formula is C11H16N4O. The number of aromatic nitrogens is 2. The number of nitrogens with one attached hydrogen (secondary N) is 1. The van der Waals surface area contributed by atoms with E-state index in [1.807, 2.05) is 38.5 Å². The number of rotatable bonds is 4. The van der Waals surface area contributed by atoms with Gasteiger partial charge in [0.25, 0.3) is 0 Å². The summed E-state index contributed by atoms with van der Waals surface area (Å²) in [6.45, 7) is 1.92. The van der Waals surface area contributed by atoms with E-state index in [1.54, 1.807) is 4.68 Å². The number of hydrogen-bond donors (Lipinski definition) is 2. The van der Waals surface area contributed by atoms with Crippen molar-refractivity contribution in [1.82, 2.24) is 15.2 Å². The van der Waals surface area contributed by atoms with Gasteiger partial charge in [0.2, 0.25) is 0 Å². The summed E-state index contributed by atoms with van der Waals surface area (Å²) >= 11 is 0. The van der Waals surface area contributed by atoms with Crippen LogP contribution in [0.2, 0.25) is 0 Å². The molecule has 0 saturated heterocycles. The van der Waals surface area contributed by atoms with Crippen LogP contribution in [0, 0.1) is 6.92 Å². The lowest BCUT2D eigenvalue weighted by atomic mass is 10.1. The molecular weight excluding hydrogens is 204 g/mol. The Labute approximate surface area is 94.2 Å². The Hall–Kier alpha value is -1.59. The van der Waals surface area contributed by atoms with Crippen LogP contribution >= 0.6 is 0 Å². The van der Waals surface area contributed by atoms with Crippen LogP contribution in [0.4, 0.5) is 0 Å². The standard InChI is InChI=1S/C11H16N4O/c1-8-3-4-11(16-8)10(14-12)5-9-6-13-15(2)7-9/h3-4,6-7,10,14H,5,12H2,1-2H3. The first-order chi connectivity index (χ1) is 7.69. The number of hydrogen-bond acceptors (Lipinski definition) is 4. The second-order valence-corrected chi connectivity index (χ2v) is 3.89. The van der Waals surface area contributed by atoms with Crippen LogP contribution in [0.1, 0.15) is 23.1 Å². The van der Waals surface area contributed by atoms with Gasteiger partial charge in [-0.25, -0.2) is 5.43 Å². The van der Waals surface area contributed by atoms with Crippen LogP contribution in [0.25, 0.3) is 0 Å². The third-order valence-corrected chi connectivity index (χ3v) is 2.50. The zero-order valence-electron chi connectivity index (χ0n) is 9.47. The van der Waals surface area contributed by atoms with Crippen LogP contribution in [0.3, 0.4) is 0 Å². The molecule has 2 heterocycles. The summed E-state index contributed by atoms with van der Waals surface area (Å²) in [5, 5.41) is 4.12. The Morgan fingerprint density at radius 3 is 2.88 bits per heavy atom. The first-order valence-electron chi connectivity index (χ1n) is 5.19. The molecule has 2 aromatic heterocycles. The molecule has 5 nitrogen and oxygen atoms in total. The summed E-state index contributed by atoms with van der Waals surface area (Å²) in [5.74, 6) is 7.27. The lowest BCUT2D eigenvalue weighted by Gasteiger charge is -2.11. The Morgan fingerprint density at radius 2 is 2.38 bits per heavy atom. The monoisotopic (exact) mass is 220 g/mol. The molecule has 0 aliphatic carbocycles. The predicted molar refractivity (Wildman–Crippen MR) is 60.4 cm³/mol. The molecule has 2 rings (SSSR count). The van der Waals surface area contributed by atoms with Gasteiger partial charge in [-0.1, -0.05) is 0 Å². The van der Waals surface area contributed by atoms with Crippen LogP contribution in [-0.2, 0) is 13.5 Å². The molecule has 2 aromatic rings. The predicted octanol–water partition coefficient (Wildman–Crippen LogP) is 1.07. The lowest BCUT2D eigenvalue weighted by Crippen LogP contribution is -2.29. The van der Waals surface area contributed by atoms with Crippen LogP contribution in [0.15, 0.2) is 28.9 Å². The fraction of sp³-hybridized carbons (Fsp3) is 0.364. The van der Waals surface area contributed by atoms with Crippen LogP contribution in [0.5, 0.6) is 0 Å². The summed E-state index contributed by atoms with van der Waals surface area (Å²) in [6.07, 6.45) is 4.57. The molecule has 1 atom stereocenters. The van der Waals surface area contributed by atoms with E-state index in [2.05, 4.69) is 10.5 Å². The van der Waals surface area contributed by atoms with Gasteiger partial charge in [-0.05, 0) is 31.0 Å². The topological polar surface area (TPSA) is 69.0 Å². The fourth-order valence-electron chi connectivity index (χ4n) is 1.70. The average Bonchev–Trinajstić information content (AvgIpc) is 2.84. The van der Waals surface area contributed by atoms with Crippen molar-refractivity contribution in [2.75, 3.05) is 0 Å². The fourth-order valence-corrected chi connectivity index (χ4v) is 1.70. The van der Waals surface area contributed by atoms with Gasteiger partial charge in [-0.15, -0.1) is 0 Å². The van der Waals surface area contributed by atoms with E-state index in [0.29, 0.717) is 0 Å². The van der Waals surface area contributed by atoms with E-state index in [1.165, 1.54) is 0 Å². The molecule has 3 N–H and O–H groups in total. The minimum Gasteiger partial charge on any atom is -0.465 e. The van der Waals surface area contributed by atoms with E-state index >= 15 is 0 Å². The second kappa shape index (κ2) is 4.51. The highest BCUT2D eigenvalue weighted by Crippen LogP contribution is 2.19. The van der Waals surface area contributed by atoms with Gasteiger partial charge in [0.05, 0.1) is 12.2 Å². The van der Waals surface area contributed by atoms with E-state index < -0.39 is 0 Å². The smallest absolute Gasteiger partial charge is 0.122 e. The Kier molecular flexibility index (Phi) is 3.07. The van der Waals surface area contributed by atoms with Crippen molar-refractivity contribution in [3.05, 3.63) is 41.6 Å². The number of aryl methyl sites for hydroxylation is 2. The summed E-state index contributed by atoms with van der Waals surface area (Å²) in [5.41, 5.74) is 3.88. The first kappa shape index (κ1) is 10.9. The number of hydrazine groups is 1. The number of nitrogens with two attached hydrogens (primary N) is 1. The Bertz CT molecular complexity index is 460. The molecule has 0 bridgehead atoms. The second-order valence-electron chi connectivity index (χ2n) is 3.89. The van der Waals surface area contributed by atoms with E-state index in [9.17, 15) is 0 Å². The molecule has 0 aromatic carbocycles. The van der Waals surface area contributed by atoms with Crippen molar-refractivity contribution in [2.24, 2.45) is 12.9 Å². The summed E-state index contributed by atoms with van der Waals surface area (Å²) < 4.78 is 7.32. The summed E-state index contributed by atoms with van der Waals surface area (Å²) in [6, 6.07) is 3.86. The average molecular weight is 220 g/mol. The van der Waals surface area contributed by atoms with Gasteiger partial charge in [0.15, 0.2) is 0 Å². The Balaban J connectivity index is 2.12. The maximum absolute atomic E-state index is 5.55. The van der Waals surface area contributed by atoms with E-state index in [0.717, 1.165) is 23.5 Å². The minimum atomic E-state index is -0.0158. The molecule has 0 saturated carbocycles. The van der Waals surface area contributed by atoms with Gasteiger partial charge in [-0.3, -0.25) is 10.5 Å².